The summed E-state index contributed by atoms with van der Waals surface area (Å²) < 4.78 is 15.5. The minimum atomic E-state index is -0.418. The molecule has 0 spiro atoms. The van der Waals surface area contributed by atoms with Crippen LogP contribution in [0.1, 0.15) is 18.9 Å². The number of nitrogens with zero attached hydrogens (tertiary/aromatic N) is 1. The van der Waals surface area contributed by atoms with Crippen molar-refractivity contribution >= 4 is 17.5 Å². The Labute approximate surface area is 169 Å². The Morgan fingerprint density at radius 1 is 0.862 bits per heavy atom. The molecule has 2 aromatic carbocycles. The lowest BCUT2D eigenvalue weighted by atomic mass is 10.2. The highest BCUT2D eigenvalue weighted by molar-refractivity contribution is 6.00. The molecule has 8 heteroatoms. The summed E-state index contributed by atoms with van der Waals surface area (Å²) in [6, 6.07) is 14.3. The Balaban J connectivity index is 1.69. The van der Waals surface area contributed by atoms with E-state index in [0.29, 0.717) is 23.8 Å². The van der Waals surface area contributed by atoms with Crippen molar-refractivity contribution < 1.29 is 23.8 Å². The smallest absolute Gasteiger partial charge is 0.277 e. The van der Waals surface area contributed by atoms with E-state index in [0.717, 1.165) is 11.3 Å². The second-order valence-electron chi connectivity index (χ2n) is 6.15. The molecule has 0 fully saturated rings. The summed E-state index contributed by atoms with van der Waals surface area (Å²) in [5, 5.41) is 6.72. The van der Waals surface area contributed by atoms with Crippen LogP contribution in [0, 0.1) is 0 Å². The summed E-state index contributed by atoms with van der Waals surface area (Å²) >= 11 is 0. The van der Waals surface area contributed by atoms with Crippen LogP contribution in [0.15, 0.2) is 53.6 Å². The SMILES string of the molecule is COc1ccc(CNC(=O)C/C(C)=N/NC(=O)COc2ccc(OC)cc2)cc1. The second kappa shape index (κ2) is 11.3. The van der Waals surface area contributed by atoms with Gasteiger partial charge >= 0.3 is 0 Å². The van der Waals surface area contributed by atoms with Gasteiger partial charge in [-0.1, -0.05) is 12.1 Å². The lowest BCUT2D eigenvalue weighted by Gasteiger charge is -2.07. The number of methoxy groups -OCH3 is 2. The lowest BCUT2D eigenvalue weighted by molar-refractivity contribution is -0.123. The van der Waals surface area contributed by atoms with Crippen LogP contribution in [0.5, 0.6) is 17.2 Å². The minimum Gasteiger partial charge on any atom is -0.497 e. The molecule has 0 atom stereocenters. The average Bonchev–Trinajstić information content (AvgIpc) is 2.75. The van der Waals surface area contributed by atoms with E-state index in [1.54, 1.807) is 45.4 Å². The Morgan fingerprint density at radius 2 is 1.41 bits per heavy atom. The molecule has 0 radical (unpaired) electrons. The van der Waals surface area contributed by atoms with Crippen molar-refractivity contribution in [3.05, 3.63) is 54.1 Å². The van der Waals surface area contributed by atoms with E-state index in [1.807, 2.05) is 24.3 Å². The van der Waals surface area contributed by atoms with Crippen LogP contribution in [-0.4, -0.2) is 38.4 Å². The van der Waals surface area contributed by atoms with E-state index in [9.17, 15) is 9.59 Å². The second-order valence-corrected chi connectivity index (χ2v) is 6.15. The first-order valence-electron chi connectivity index (χ1n) is 8.98. The fourth-order valence-corrected chi connectivity index (χ4v) is 2.29. The molecule has 0 heterocycles. The summed E-state index contributed by atoms with van der Waals surface area (Å²) in [7, 11) is 3.17. The van der Waals surface area contributed by atoms with Crippen molar-refractivity contribution in [1.82, 2.24) is 10.7 Å². The molecule has 2 N–H and O–H groups in total. The van der Waals surface area contributed by atoms with E-state index in [2.05, 4.69) is 15.8 Å². The number of nitrogens with one attached hydrogen (secondary N) is 2. The molecule has 0 unspecified atom stereocenters. The highest BCUT2D eigenvalue weighted by atomic mass is 16.5. The molecule has 29 heavy (non-hydrogen) atoms. The van der Waals surface area contributed by atoms with Gasteiger partial charge in [0.1, 0.15) is 17.2 Å². The fraction of sp³-hybridized carbons (Fsp3) is 0.286. The molecule has 0 saturated heterocycles. The van der Waals surface area contributed by atoms with Crippen molar-refractivity contribution in [3.63, 3.8) is 0 Å². The monoisotopic (exact) mass is 399 g/mol. The van der Waals surface area contributed by atoms with Gasteiger partial charge in [-0.2, -0.15) is 5.10 Å². The zero-order chi connectivity index (χ0) is 21.1. The van der Waals surface area contributed by atoms with Crippen LogP contribution >= 0.6 is 0 Å². The molecule has 0 bridgehead atoms. The number of carbonyl (C=O) groups is 2. The Kier molecular flexibility index (Phi) is 8.50. The average molecular weight is 399 g/mol. The molecule has 0 aliphatic rings. The molecule has 154 valence electrons. The van der Waals surface area contributed by atoms with Gasteiger partial charge in [0.15, 0.2) is 6.61 Å². The van der Waals surface area contributed by atoms with Gasteiger partial charge in [-0.15, -0.1) is 0 Å². The van der Waals surface area contributed by atoms with Gasteiger partial charge in [0.2, 0.25) is 5.91 Å². The van der Waals surface area contributed by atoms with Gasteiger partial charge in [-0.25, -0.2) is 5.43 Å². The minimum absolute atomic E-state index is 0.0791. The molecule has 0 aromatic heterocycles. The van der Waals surface area contributed by atoms with Crippen LogP contribution < -0.4 is 25.0 Å². The molecule has 0 aliphatic carbocycles. The highest BCUT2D eigenvalue weighted by Crippen LogP contribution is 2.16. The number of benzene rings is 2. The maximum Gasteiger partial charge on any atom is 0.277 e. The van der Waals surface area contributed by atoms with Crippen LogP contribution in [-0.2, 0) is 16.1 Å². The molecule has 2 rings (SSSR count). The zero-order valence-corrected chi connectivity index (χ0v) is 16.7. The summed E-state index contributed by atoms with van der Waals surface area (Å²) in [5.41, 5.74) is 3.81. The van der Waals surface area contributed by atoms with E-state index in [4.69, 9.17) is 14.2 Å². The van der Waals surface area contributed by atoms with Crippen molar-refractivity contribution in [3.8, 4) is 17.2 Å². The number of carbonyl (C=O) groups excluding carboxylic acids is 2. The Morgan fingerprint density at radius 3 is 2.00 bits per heavy atom. The van der Waals surface area contributed by atoms with E-state index in [-0.39, 0.29) is 18.9 Å². The Hall–Kier alpha value is -3.55. The van der Waals surface area contributed by atoms with E-state index < -0.39 is 5.91 Å². The summed E-state index contributed by atoms with van der Waals surface area (Å²) in [4.78, 5) is 23.8. The normalized spacial score (nSPS) is 10.8. The number of hydrogen-bond acceptors (Lipinski definition) is 6. The van der Waals surface area contributed by atoms with E-state index >= 15 is 0 Å². The maximum absolute atomic E-state index is 12.0. The van der Waals surface area contributed by atoms with E-state index in [1.165, 1.54) is 0 Å². The molecule has 0 aliphatic heterocycles. The van der Waals surface area contributed by atoms with Crippen LogP contribution in [0.3, 0.4) is 0 Å². The third-order valence-corrected chi connectivity index (χ3v) is 3.87. The number of hydrazone groups is 1. The van der Waals surface area contributed by atoms with Crippen LogP contribution in [0.25, 0.3) is 0 Å². The van der Waals surface area contributed by atoms with Gasteiger partial charge in [0.25, 0.3) is 5.91 Å². The molecule has 8 nitrogen and oxygen atoms in total. The molecule has 0 saturated carbocycles. The predicted octanol–water partition coefficient (Wildman–Crippen LogP) is 2.28. The fourth-order valence-electron chi connectivity index (χ4n) is 2.29. The molecular weight excluding hydrogens is 374 g/mol. The topological polar surface area (TPSA) is 98.2 Å². The van der Waals surface area contributed by atoms with Gasteiger partial charge in [-0.3, -0.25) is 9.59 Å². The van der Waals surface area contributed by atoms with Crippen molar-refractivity contribution in [1.29, 1.82) is 0 Å². The summed E-state index contributed by atoms with van der Waals surface area (Å²) in [6.45, 7) is 1.88. The Bertz CT molecular complexity index is 832. The third-order valence-electron chi connectivity index (χ3n) is 3.87. The zero-order valence-electron chi connectivity index (χ0n) is 16.7. The highest BCUT2D eigenvalue weighted by Gasteiger charge is 2.06. The summed E-state index contributed by atoms with van der Waals surface area (Å²) in [5.74, 6) is 1.39. The maximum atomic E-state index is 12.0. The lowest BCUT2D eigenvalue weighted by Crippen LogP contribution is -2.28. The van der Waals surface area contributed by atoms with Crippen LogP contribution in [0.2, 0.25) is 0 Å². The van der Waals surface area contributed by atoms with Gasteiger partial charge in [0.05, 0.1) is 20.6 Å². The van der Waals surface area contributed by atoms with Crippen LogP contribution in [0.4, 0.5) is 0 Å². The molecular formula is C21H25N3O5. The number of hydrogen-bond donors (Lipinski definition) is 2. The quantitative estimate of drug-likeness (QED) is 0.472. The standard InChI is InChI=1S/C21H25N3O5/c1-15(12-20(25)22-13-16-4-6-17(27-2)7-5-16)23-24-21(26)14-29-19-10-8-18(28-3)9-11-19/h4-11H,12-14H2,1-3H3,(H,22,25)(H,24,26)/b23-15+. The number of rotatable bonds is 10. The molecule has 2 aromatic rings. The largest absolute Gasteiger partial charge is 0.497 e. The summed E-state index contributed by atoms with van der Waals surface area (Å²) in [6.07, 6.45) is 0.0791. The van der Waals surface area contributed by atoms with Gasteiger partial charge < -0.3 is 19.5 Å². The van der Waals surface area contributed by atoms with Gasteiger partial charge in [0, 0.05) is 12.3 Å². The first-order chi connectivity index (χ1) is 14.0. The van der Waals surface area contributed by atoms with Crippen molar-refractivity contribution in [2.75, 3.05) is 20.8 Å². The van der Waals surface area contributed by atoms with Crippen molar-refractivity contribution in [2.24, 2.45) is 5.10 Å². The first-order valence-corrected chi connectivity index (χ1v) is 8.98. The number of ether oxygens (including phenoxy) is 3. The first kappa shape index (κ1) is 21.7. The third kappa shape index (κ3) is 7.92. The van der Waals surface area contributed by atoms with Gasteiger partial charge in [-0.05, 0) is 48.9 Å². The van der Waals surface area contributed by atoms with Crippen molar-refractivity contribution in [2.45, 2.75) is 19.9 Å². The predicted molar refractivity (Wildman–Crippen MR) is 109 cm³/mol. The number of amides is 2. The molecule has 2 amide bonds.